The maximum atomic E-state index is 12.0. The van der Waals surface area contributed by atoms with Gasteiger partial charge in [-0.25, -0.2) is 0 Å². The maximum absolute atomic E-state index is 12.0. The molecule has 26 heavy (non-hydrogen) atoms. The topological polar surface area (TPSA) is 92.7 Å². The molecule has 1 unspecified atom stereocenters. The number of ketones is 2. The van der Waals surface area contributed by atoms with E-state index in [9.17, 15) is 14.7 Å². The normalized spacial score (nSPS) is 14.4. The molecule has 6 heteroatoms. The van der Waals surface area contributed by atoms with Gasteiger partial charge in [0.1, 0.15) is 11.3 Å². The minimum absolute atomic E-state index is 0.0291. The number of carbonyl (C=O) groups is 3. The molecule has 2 N–H and O–H groups in total. The van der Waals surface area contributed by atoms with Gasteiger partial charge in [0.2, 0.25) is 0 Å². The highest BCUT2D eigenvalue weighted by Crippen LogP contribution is 2.28. The van der Waals surface area contributed by atoms with Crippen LogP contribution >= 0.6 is 0 Å². The molecule has 1 atom stereocenters. The van der Waals surface area contributed by atoms with Crippen LogP contribution in [-0.2, 0) is 19.1 Å². The molecule has 0 aromatic carbocycles. The second kappa shape index (κ2) is 16.1. The third-order valence-electron chi connectivity index (χ3n) is 3.60. The Morgan fingerprint density at radius 3 is 2.42 bits per heavy atom. The number of aliphatic hydroxyl groups excluding tert-OH is 1. The third kappa shape index (κ3) is 9.81. The molecule has 148 valence electrons. The number of rotatable bonds is 8. The minimum atomic E-state index is -0.285. The van der Waals surface area contributed by atoms with Crippen molar-refractivity contribution < 1.29 is 24.2 Å². The Morgan fingerprint density at radius 1 is 1.42 bits per heavy atom. The number of aliphatic hydroxyl groups is 1. The van der Waals surface area contributed by atoms with E-state index in [4.69, 9.17) is 4.79 Å². The Balaban J connectivity index is 0. The molecule has 0 aliphatic heterocycles. The smallest absolute Gasteiger partial charge is 0.292 e. The van der Waals surface area contributed by atoms with Crippen LogP contribution in [0.2, 0.25) is 0 Å². The Kier molecular flexibility index (Phi) is 16.0. The SMILES string of the molecule is CC.CCC(=O)C1=C(O)C=C(C(C)CC/C=C/NC)CC1=O.COC=O. The highest BCUT2D eigenvalue weighted by molar-refractivity contribution is 6.21. The molecule has 0 fully saturated rings. The fourth-order valence-corrected chi connectivity index (χ4v) is 2.24. The molecule has 0 saturated heterocycles. The Labute approximate surface area is 157 Å². The van der Waals surface area contributed by atoms with Crippen molar-refractivity contribution in [3.8, 4) is 0 Å². The summed E-state index contributed by atoms with van der Waals surface area (Å²) in [5.41, 5.74) is 0.872. The van der Waals surface area contributed by atoms with Gasteiger partial charge in [-0.15, -0.1) is 0 Å². The largest absolute Gasteiger partial charge is 0.507 e. The zero-order chi connectivity index (χ0) is 20.5. The summed E-state index contributed by atoms with van der Waals surface area (Å²) in [6.45, 7) is 8.10. The summed E-state index contributed by atoms with van der Waals surface area (Å²) in [4.78, 5) is 32.6. The van der Waals surface area contributed by atoms with E-state index in [0.29, 0.717) is 6.47 Å². The summed E-state index contributed by atoms with van der Waals surface area (Å²) >= 11 is 0. The van der Waals surface area contributed by atoms with Crippen molar-refractivity contribution in [1.82, 2.24) is 5.32 Å². The highest BCUT2D eigenvalue weighted by Gasteiger charge is 2.27. The number of nitrogens with one attached hydrogen (secondary N) is 1. The predicted molar refractivity (Wildman–Crippen MR) is 104 cm³/mol. The first-order valence-corrected chi connectivity index (χ1v) is 8.91. The summed E-state index contributed by atoms with van der Waals surface area (Å²) in [6.07, 6.45) is 7.78. The number of methoxy groups -OCH3 is 1. The average molecular weight is 367 g/mol. The van der Waals surface area contributed by atoms with Crippen LogP contribution in [0.1, 0.15) is 53.4 Å². The molecule has 1 rings (SSSR count). The van der Waals surface area contributed by atoms with Gasteiger partial charge in [-0.2, -0.15) is 0 Å². The molecule has 0 aromatic rings. The standard InChI is InChI=1S/C16H23NO3.C2H4O2.C2H6/c1-4-13(18)16-14(19)9-12(10-15(16)20)11(2)7-5-6-8-17-3;1-4-2-3;1-2/h6,8-9,11,17,19H,4-5,7,10H2,1-3H3;2H,1H3;1-2H3/b8-6+;;. The molecule has 0 saturated carbocycles. The lowest BCUT2D eigenvalue weighted by Crippen LogP contribution is -2.20. The third-order valence-corrected chi connectivity index (χ3v) is 3.60. The maximum Gasteiger partial charge on any atom is 0.292 e. The van der Waals surface area contributed by atoms with Crippen LogP contribution in [0.3, 0.4) is 0 Å². The zero-order valence-corrected chi connectivity index (χ0v) is 16.8. The van der Waals surface area contributed by atoms with Gasteiger partial charge in [0.25, 0.3) is 6.47 Å². The van der Waals surface area contributed by atoms with Gasteiger partial charge in [0, 0.05) is 19.9 Å². The second-order valence-electron chi connectivity index (χ2n) is 5.36. The van der Waals surface area contributed by atoms with Gasteiger partial charge >= 0.3 is 0 Å². The first kappa shape index (κ1) is 25.9. The summed E-state index contributed by atoms with van der Waals surface area (Å²) in [5.74, 6) is -0.501. The molecule has 1 aliphatic carbocycles. The van der Waals surface area contributed by atoms with E-state index >= 15 is 0 Å². The van der Waals surface area contributed by atoms with Crippen molar-refractivity contribution in [2.24, 2.45) is 5.92 Å². The highest BCUT2D eigenvalue weighted by atomic mass is 16.5. The Bertz CT molecular complexity index is 532. The number of carbonyl (C=O) groups excluding carboxylic acids is 3. The monoisotopic (exact) mass is 367 g/mol. The Hall–Kier alpha value is -2.37. The van der Waals surface area contributed by atoms with Gasteiger partial charge in [-0.3, -0.25) is 14.4 Å². The molecule has 1 aliphatic rings. The fourth-order valence-electron chi connectivity index (χ4n) is 2.24. The predicted octanol–water partition coefficient (Wildman–Crippen LogP) is 3.64. The van der Waals surface area contributed by atoms with Crippen molar-refractivity contribution in [3.63, 3.8) is 0 Å². The lowest BCUT2D eigenvalue weighted by Gasteiger charge is -2.20. The minimum Gasteiger partial charge on any atom is -0.507 e. The van der Waals surface area contributed by atoms with Crippen LogP contribution in [0.5, 0.6) is 0 Å². The molecule has 0 spiro atoms. The van der Waals surface area contributed by atoms with E-state index in [1.54, 1.807) is 13.0 Å². The van der Waals surface area contributed by atoms with Crippen LogP contribution < -0.4 is 5.32 Å². The summed E-state index contributed by atoms with van der Waals surface area (Å²) in [5, 5.41) is 12.8. The zero-order valence-electron chi connectivity index (χ0n) is 16.8. The first-order chi connectivity index (χ1) is 12.4. The van der Waals surface area contributed by atoms with Crippen molar-refractivity contribution in [3.05, 3.63) is 35.3 Å². The second-order valence-corrected chi connectivity index (χ2v) is 5.36. The van der Waals surface area contributed by atoms with Gasteiger partial charge < -0.3 is 15.2 Å². The van der Waals surface area contributed by atoms with E-state index in [2.05, 4.69) is 10.1 Å². The number of allylic oxidation sites excluding steroid dienone is 4. The van der Waals surface area contributed by atoms with Crippen molar-refractivity contribution >= 4 is 18.0 Å². The van der Waals surface area contributed by atoms with Gasteiger partial charge in [0.15, 0.2) is 11.6 Å². The molecule has 0 heterocycles. The van der Waals surface area contributed by atoms with E-state index in [-0.39, 0.29) is 41.7 Å². The number of ether oxygens (including phenoxy) is 1. The van der Waals surface area contributed by atoms with Crippen molar-refractivity contribution in [2.75, 3.05) is 14.2 Å². The summed E-state index contributed by atoms with van der Waals surface area (Å²) in [7, 11) is 3.16. The van der Waals surface area contributed by atoms with Gasteiger partial charge in [-0.1, -0.05) is 39.3 Å². The lowest BCUT2D eigenvalue weighted by atomic mass is 9.85. The Morgan fingerprint density at radius 2 is 2.00 bits per heavy atom. The van der Waals surface area contributed by atoms with Crippen LogP contribution in [0.15, 0.2) is 35.3 Å². The van der Waals surface area contributed by atoms with Crippen LogP contribution in [0.25, 0.3) is 0 Å². The molecule has 6 nitrogen and oxygen atoms in total. The summed E-state index contributed by atoms with van der Waals surface area (Å²) in [6, 6.07) is 0. The number of Topliss-reactive ketones (excluding diaryl/α,β-unsaturated/α-hetero) is 2. The quantitative estimate of drug-likeness (QED) is 0.502. The van der Waals surface area contributed by atoms with E-state index in [0.717, 1.165) is 18.4 Å². The first-order valence-electron chi connectivity index (χ1n) is 8.91. The van der Waals surface area contributed by atoms with Crippen LogP contribution in [0, 0.1) is 5.92 Å². The number of hydrogen-bond donors (Lipinski definition) is 2. The molecular formula is C20H33NO5. The fraction of sp³-hybridized carbons (Fsp3) is 0.550. The van der Waals surface area contributed by atoms with E-state index < -0.39 is 0 Å². The van der Waals surface area contributed by atoms with Crippen molar-refractivity contribution in [2.45, 2.75) is 53.4 Å². The number of hydrogen-bond acceptors (Lipinski definition) is 6. The van der Waals surface area contributed by atoms with E-state index in [1.165, 1.54) is 7.11 Å². The molecule has 0 radical (unpaired) electrons. The average Bonchev–Trinajstić information content (AvgIpc) is 2.66. The molecular weight excluding hydrogens is 334 g/mol. The summed E-state index contributed by atoms with van der Waals surface area (Å²) < 4.78 is 3.86. The van der Waals surface area contributed by atoms with Crippen LogP contribution in [0.4, 0.5) is 0 Å². The molecule has 0 amide bonds. The van der Waals surface area contributed by atoms with Crippen LogP contribution in [-0.4, -0.2) is 37.3 Å². The van der Waals surface area contributed by atoms with E-state index in [1.807, 2.05) is 40.1 Å². The molecule has 0 aromatic heterocycles. The molecule has 0 bridgehead atoms. The van der Waals surface area contributed by atoms with Gasteiger partial charge in [-0.05, 0) is 31.0 Å². The lowest BCUT2D eigenvalue weighted by molar-refractivity contribution is -0.126. The van der Waals surface area contributed by atoms with Crippen molar-refractivity contribution in [1.29, 1.82) is 0 Å². The van der Waals surface area contributed by atoms with Gasteiger partial charge in [0.05, 0.1) is 7.11 Å².